The highest BCUT2D eigenvalue weighted by molar-refractivity contribution is 7.89. The van der Waals surface area contributed by atoms with E-state index in [1.165, 1.54) is 35.5 Å². The van der Waals surface area contributed by atoms with Crippen molar-refractivity contribution in [3.8, 4) is 0 Å². The Morgan fingerprint density at radius 1 is 1.15 bits per heavy atom. The van der Waals surface area contributed by atoms with Crippen LogP contribution >= 0.6 is 0 Å². The molecule has 1 aromatic carbocycles. The topological polar surface area (TPSA) is 96.0 Å². The third-order valence-corrected chi connectivity index (χ3v) is 6.24. The number of hydrogen-bond acceptors (Lipinski definition) is 5. The molecule has 1 N–H and O–H groups in total. The second-order valence-corrected chi connectivity index (χ2v) is 8.24. The molecule has 0 bridgehead atoms. The number of nitrogens with one attached hydrogen (secondary N) is 1. The summed E-state index contributed by atoms with van der Waals surface area (Å²) in [4.78, 5) is 25.5. The Hall–Kier alpha value is -1.97. The summed E-state index contributed by atoms with van der Waals surface area (Å²) in [5, 5.41) is 2.76. The van der Waals surface area contributed by atoms with Crippen LogP contribution in [-0.2, 0) is 19.6 Å². The lowest BCUT2D eigenvalue weighted by Crippen LogP contribution is -2.40. The van der Waals surface area contributed by atoms with E-state index in [1.54, 1.807) is 4.90 Å². The number of rotatable bonds is 8. The summed E-state index contributed by atoms with van der Waals surface area (Å²) in [5.74, 6) is -0.325. The Morgan fingerprint density at radius 3 is 2.33 bits per heavy atom. The van der Waals surface area contributed by atoms with Crippen LogP contribution in [0.25, 0.3) is 0 Å². The van der Waals surface area contributed by atoms with Crippen LogP contribution in [0.3, 0.4) is 0 Å². The third kappa shape index (κ3) is 5.75. The molecule has 27 heavy (non-hydrogen) atoms. The first-order valence-corrected chi connectivity index (χ1v) is 10.5. The van der Waals surface area contributed by atoms with Crippen molar-refractivity contribution in [1.29, 1.82) is 0 Å². The average molecular weight is 397 g/mol. The molecule has 1 aliphatic rings. The highest BCUT2D eigenvalue weighted by atomic mass is 32.2. The van der Waals surface area contributed by atoms with Crippen LogP contribution in [-0.4, -0.2) is 75.4 Å². The van der Waals surface area contributed by atoms with Gasteiger partial charge in [-0.2, -0.15) is 4.31 Å². The first-order chi connectivity index (χ1) is 12.9. The highest BCUT2D eigenvalue weighted by Crippen LogP contribution is 2.17. The monoisotopic (exact) mass is 397 g/mol. The zero-order valence-corrected chi connectivity index (χ0v) is 16.6. The fourth-order valence-electron chi connectivity index (χ4n) is 2.82. The molecule has 0 spiro atoms. The van der Waals surface area contributed by atoms with E-state index in [0.29, 0.717) is 51.5 Å². The van der Waals surface area contributed by atoms with Gasteiger partial charge in [0.05, 0.1) is 18.1 Å². The van der Waals surface area contributed by atoms with Crippen molar-refractivity contribution in [3.63, 3.8) is 0 Å². The van der Waals surface area contributed by atoms with E-state index in [-0.39, 0.29) is 16.7 Å². The number of morpholine rings is 1. The van der Waals surface area contributed by atoms with Crippen molar-refractivity contribution < 1.29 is 22.7 Å². The van der Waals surface area contributed by atoms with E-state index in [4.69, 9.17) is 4.74 Å². The lowest BCUT2D eigenvalue weighted by molar-refractivity contribution is -0.128. The molecule has 0 radical (unpaired) electrons. The fraction of sp³-hybridized carbons (Fsp3) is 0.556. The molecule has 150 valence electrons. The van der Waals surface area contributed by atoms with E-state index in [1.807, 2.05) is 6.92 Å². The predicted octanol–water partition coefficient (Wildman–Crippen LogP) is 0.696. The molecule has 0 aromatic heterocycles. The zero-order valence-electron chi connectivity index (χ0n) is 15.8. The lowest BCUT2D eigenvalue weighted by Gasteiger charge is -2.26. The summed E-state index contributed by atoms with van der Waals surface area (Å²) in [6.07, 6.45) is 0.854. The third-order valence-electron chi connectivity index (χ3n) is 4.33. The Labute approximate surface area is 160 Å². The van der Waals surface area contributed by atoms with Gasteiger partial charge in [0.1, 0.15) is 0 Å². The maximum atomic E-state index is 12.6. The standard InChI is InChI=1S/C18H27N3O5S/c1-3-9-20(15(2)22)10-8-19-18(23)16-4-6-17(7-5-16)27(24,25)21-11-13-26-14-12-21/h4-7H,3,8-14H2,1-2H3,(H,19,23). The Morgan fingerprint density at radius 2 is 1.78 bits per heavy atom. The molecule has 1 heterocycles. The summed E-state index contributed by atoms with van der Waals surface area (Å²) in [6.45, 7) is 6.35. The largest absolute Gasteiger partial charge is 0.379 e. The maximum absolute atomic E-state index is 12.6. The van der Waals surface area contributed by atoms with Crippen LogP contribution in [0, 0.1) is 0 Å². The quantitative estimate of drug-likeness (QED) is 0.696. The number of benzene rings is 1. The minimum absolute atomic E-state index is 0.0243. The molecular weight excluding hydrogens is 370 g/mol. The smallest absolute Gasteiger partial charge is 0.251 e. The summed E-state index contributed by atoms with van der Waals surface area (Å²) in [5.41, 5.74) is 0.376. The molecule has 0 aliphatic carbocycles. The molecule has 1 aromatic rings. The SMILES string of the molecule is CCCN(CCNC(=O)c1ccc(S(=O)(=O)N2CCOCC2)cc1)C(C)=O. The number of carbonyl (C=O) groups is 2. The van der Waals surface area contributed by atoms with Gasteiger partial charge < -0.3 is 15.0 Å². The predicted molar refractivity (Wildman–Crippen MR) is 101 cm³/mol. The second-order valence-electron chi connectivity index (χ2n) is 6.30. The molecule has 9 heteroatoms. The molecule has 0 atom stereocenters. The Balaban J connectivity index is 1.94. The maximum Gasteiger partial charge on any atom is 0.251 e. The van der Waals surface area contributed by atoms with E-state index in [0.717, 1.165) is 6.42 Å². The summed E-state index contributed by atoms with van der Waals surface area (Å²) >= 11 is 0. The van der Waals surface area contributed by atoms with Gasteiger partial charge in [-0.3, -0.25) is 9.59 Å². The molecule has 1 aliphatic heterocycles. The average Bonchev–Trinajstić information content (AvgIpc) is 2.67. The molecule has 2 amide bonds. The molecule has 0 unspecified atom stereocenters. The van der Waals surface area contributed by atoms with E-state index >= 15 is 0 Å². The summed E-state index contributed by atoms with van der Waals surface area (Å²) < 4.78 is 31.7. The van der Waals surface area contributed by atoms with Gasteiger partial charge in [0.15, 0.2) is 0 Å². The minimum atomic E-state index is -3.57. The normalized spacial score (nSPS) is 15.3. The van der Waals surface area contributed by atoms with Gasteiger partial charge in [-0.15, -0.1) is 0 Å². The Bertz CT molecular complexity index is 743. The van der Waals surface area contributed by atoms with Crippen molar-refractivity contribution in [1.82, 2.24) is 14.5 Å². The number of hydrogen-bond donors (Lipinski definition) is 1. The van der Waals surface area contributed by atoms with Crippen LogP contribution in [0.15, 0.2) is 29.2 Å². The van der Waals surface area contributed by atoms with Crippen LogP contribution in [0.1, 0.15) is 30.6 Å². The van der Waals surface area contributed by atoms with Gasteiger partial charge in [-0.1, -0.05) is 6.92 Å². The molecular formula is C18H27N3O5S. The number of nitrogens with zero attached hydrogens (tertiary/aromatic N) is 2. The fourth-order valence-corrected chi connectivity index (χ4v) is 4.23. The second kappa shape index (κ2) is 9.82. The molecule has 0 saturated carbocycles. The zero-order chi connectivity index (χ0) is 19.9. The minimum Gasteiger partial charge on any atom is -0.379 e. The van der Waals surface area contributed by atoms with Gasteiger partial charge in [0, 0.05) is 45.2 Å². The van der Waals surface area contributed by atoms with Gasteiger partial charge in [-0.05, 0) is 30.7 Å². The molecule has 2 rings (SSSR count). The summed E-state index contributed by atoms with van der Waals surface area (Å²) in [6, 6.07) is 5.88. The van der Waals surface area contributed by atoms with Crippen molar-refractivity contribution in [2.45, 2.75) is 25.2 Å². The van der Waals surface area contributed by atoms with Crippen LogP contribution in [0.4, 0.5) is 0 Å². The van der Waals surface area contributed by atoms with Gasteiger partial charge in [0.25, 0.3) is 5.91 Å². The molecule has 1 saturated heterocycles. The van der Waals surface area contributed by atoms with Crippen molar-refractivity contribution in [2.24, 2.45) is 0 Å². The first kappa shape index (κ1) is 21.3. The van der Waals surface area contributed by atoms with E-state index in [2.05, 4.69) is 5.32 Å². The van der Waals surface area contributed by atoms with E-state index in [9.17, 15) is 18.0 Å². The van der Waals surface area contributed by atoms with Crippen molar-refractivity contribution in [2.75, 3.05) is 45.9 Å². The van der Waals surface area contributed by atoms with Gasteiger partial charge in [-0.25, -0.2) is 8.42 Å². The Kier molecular flexibility index (Phi) is 7.76. The van der Waals surface area contributed by atoms with Gasteiger partial charge >= 0.3 is 0 Å². The molecule has 1 fully saturated rings. The summed E-state index contributed by atoms with van der Waals surface area (Å²) in [7, 11) is -3.57. The van der Waals surface area contributed by atoms with Gasteiger partial charge in [0.2, 0.25) is 15.9 Å². The lowest BCUT2D eigenvalue weighted by atomic mass is 10.2. The molecule has 8 nitrogen and oxygen atoms in total. The van der Waals surface area contributed by atoms with Crippen molar-refractivity contribution >= 4 is 21.8 Å². The number of carbonyl (C=O) groups excluding carboxylic acids is 2. The highest BCUT2D eigenvalue weighted by Gasteiger charge is 2.26. The number of sulfonamides is 1. The van der Waals surface area contributed by atoms with Crippen LogP contribution < -0.4 is 5.32 Å². The van der Waals surface area contributed by atoms with Crippen LogP contribution in [0.5, 0.6) is 0 Å². The first-order valence-electron chi connectivity index (χ1n) is 9.08. The van der Waals surface area contributed by atoms with Crippen molar-refractivity contribution in [3.05, 3.63) is 29.8 Å². The van der Waals surface area contributed by atoms with Crippen LogP contribution in [0.2, 0.25) is 0 Å². The number of ether oxygens (including phenoxy) is 1. The van der Waals surface area contributed by atoms with E-state index < -0.39 is 10.0 Å². The number of amides is 2.